The number of pyridine rings is 2. The Bertz CT molecular complexity index is 1590. The van der Waals surface area contributed by atoms with E-state index in [0.717, 1.165) is 47.5 Å². The zero-order valence-electron chi connectivity index (χ0n) is 23.5. The zero-order valence-corrected chi connectivity index (χ0v) is 24.2. The highest BCUT2D eigenvalue weighted by molar-refractivity contribution is 6.31. The van der Waals surface area contributed by atoms with Crippen molar-refractivity contribution in [1.82, 2.24) is 30.0 Å². The van der Waals surface area contributed by atoms with Crippen LogP contribution < -0.4 is 15.8 Å². The van der Waals surface area contributed by atoms with E-state index in [4.69, 9.17) is 27.2 Å². The van der Waals surface area contributed by atoms with Crippen molar-refractivity contribution >= 4 is 23.4 Å². The molecule has 2 unspecified atom stereocenters. The van der Waals surface area contributed by atoms with E-state index in [9.17, 15) is 4.79 Å². The summed E-state index contributed by atoms with van der Waals surface area (Å²) in [5.41, 5.74) is 10.1. The van der Waals surface area contributed by atoms with Gasteiger partial charge in [-0.2, -0.15) is 5.10 Å². The molecule has 212 valence electrons. The van der Waals surface area contributed by atoms with Gasteiger partial charge >= 0.3 is 6.03 Å². The summed E-state index contributed by atoms with van der Waals surface area (Å²) in [6.45, 7) is 8.01. The van der Waals surface area contributed by atoms with Gasteiger partial charge in [0.15, 0.2) is 11.6 Å². The summed E-state index contributed by atoms with van der Waals surface area (Å²) >= 11 is 6.37. The zero-order chi connectivity index (χ0) is 28.8. The minimum absolute atomic E-state index is 0.102. The molecule has 41 heavy (non-hydrogen) atoms. The van der Waals surface area contributed by atoms with Gasteiger partial charge in [-0.25, -0.2) is 9.78 Å². The number of likely N-dealkylation sites (tertiary alicyclic amines) is 1. The van der Waals surface area contributed by atoms with Gasteiger partial charge in [0.2, 0.25) is 0 Å². The predicted molar refractivity (Wildman–Crippen MR) is 159 cm³/mol. The van der Waals surface area contributed by atoms with Crippen molar-refractivity contribution in [3.8, 4) is 17.0 Å². The third-order valence-electron chi connectivity index (χ3n) is 8.38. The molecule has 1 spiro atoms. The van der Waals surface area contributed by atoms with Crippen LogP contribution in [0.2, 0.25) is 5.02 Å². The maximum atomic E-state index is 13.4. The minimum atomic E-state index is -0.641. The van der Waals surface area contributed by atoms with Crippen LogP contribution in [0.1, 0.15) is 56.5 Å². The topological polar surface area (TPSA) is 111 Å². The maximum absolute atomic E-state index is 13.4. The number of rotatable bonds is 6. The number of urea groups is 1. The normalized spacial score (nSPS) is 18.9. The number of benzene rings is 1. The van der Waals surface area contributed by atoms with Gasteiger partial charge in [0.25, 0.3) is 0 Å². The number of nitrogen functional groups attached to an aromatic ring is 1. The number of aromatic nitrogens is 4. The van der Waals surface area contributed by atoms with Crippen molar-refractivity contribution in [2.75, 3.05) is 18.8 Å². The first-order valence-corrected chi connectivity index (χ1v) is 14.3. The van der Waals surface area contributed by atoms with Crippen molar-refractivity contribution < 1.29 is 9.53 Å². The highest BCUT2D eigenvalue weighted by Crippen LogP contribution is 2.44. The monoisotopic (exact) mass is 571 g/mol. The maximum Gasteiger partial charge on any atom is 0.318 e. The molecule has 5 heterocycles. The van der Waals surface area contributed by atoms with Crippen molar-refractivity contribution in [3.63, 3.8) is 0 Å². The molecule has 9 nitrogen and oxygen atoms in total. The van der Waals surface area contributed by atoms with Gasteiger partial charge in [0, 0.05) is 54.9 Å². The number of aryl methyl sites for hydroxylation is 1. The number of nitrogens with two attached hydrogens (primary N) is 1. The SMILES string of the molecule is CC(Oc1cc(-c2cc3n(n2)CCC32CCN(C(=O)NC(C)(C)c3ccncc3Cl)C2)cnc1N)c1ccccc1. The summed E-state index contributed by atoms with van der Waals surface area (Å²) in [5.74, 6) is 0.871. The van der Waals surface area contributed by atoms with Crippen LogP contribution in [0.4, 0.5) is 10.6 Å². The molecule has 3 N–H and O–H groups in total. The van der Waals surface area contributed by atoms with E-state index in [1.165, 1.54) is 0 Å². The highest BCUT2D eigenvalue weighted by Gasteiger charge is 2.47. The summed E-state index contributed by atoms with van der Waals surface area (Å²) in [5, 5.41) is 8.61. The number of nitrogens with one attached hydrogen (secondary N) is 1. The summed E-state index contributed by atoms with van der Waals surface area (Å²) in [6.07, 6.45) is 6.67. The fourth-order valence-electron chi connectivity index (χ4n) is 6.03. The standard InChI is InChI=1S/C31H34ClN7O2/c1-20(21-7-5-4-6-8-21)41-26-15-22(17-35-28(26)33)25-16-27-31(11-14-39(27)37-25)10-13-38(19-31)29(40)36-30(2,3)23-9-12-34-18-24(23)32/h4-9,12,15-18,20H,10-11,13-14,19H2,1-3H3,(H2,33,35)(H,36,40). The van der Waals surface area contributed by atoms with Crippen LogP contribution >= 0.6 is 11.6 Å². The molecule has 2 aliphatic rings. The number of fused-ring (bicyclic) bond motifs is 2. The molecule has 4 aromatic rings. The predicted octanol–water partition coefficient (Wildman–Crippen LogP) is 5.71. The number of hydrogen-bond donors (Lipinski definition) is 2. The lowest BCUT2D eigenvalue weighted by atomic mass is 9.82. The number of halogens is 1. The van der Waals surface area contributed by atoms with Crippen molar-refractivity contribution in [1.29, 1.82) is 0 Å². The third-order valence-corrected chi connectivity index (χ3v) is 8.68. The average Bonchev–Trinajstić information content (AvgIpc) is 3.67. The van der Waals surface area contributed by atoms with Crippen LogP contribution in [0.25, 0.3) is 11.3 Å². The molecule has 0 radical (unpaired) electrons. The fourth-order valence-corrected chi connectivity index (χ4v) is 6.39. The quantitative estimate of drug-likeness (QED) is 0.307. The van der Waals surface area contributed by atoms with E-state index in [0.29, 0.717) is 29.7 Å². The number of carbonyl (C=O) groups is 1. The molecule has 2 atom stereocenters. The number of amides is 2. The summed E-state index contributed by atoms with van der Waals surface area (Å²) in [6, 6.07) is 15.8. The van der Waals surface area contributed by atoms with Crippen LogP contribution in [0.15, 0.2) is 67.1 Å². The Hall–Kier alpha value is -4.11. The van der Waals surface area contributed by atoms with Gasteiger partial charge < -0.3 is 20.7 Å². The first kappa shape index (κ1) is 27.1. The average molecular weight is 572 g/mol. The fraction of sp³-hybridized carbons (Fsp3) is 0.355. The van der Waals surface area contributed by atoms with Crippen LogP contribution in [0.3, 0.4) is 0 Å². The molecule has 0 saturated carbocycles. The number of ether oxygens (including phenoxy) is 1. The largest absolute Gasteiger partial charge is 0.482 e. The van der Waals surface area contributed by atoms with Crippen molar-refractivity contribution in [2.45, 2.75) is 57.2 Å². The van der Waals surface area contributed by atoms with E-state index < -0.39 is 5.54 Å². The molecule has 10 heteroatoms. The molecule has 1 saturated heterocycles. The van der Waals surface area contributed by atoms with E-state index in [1.807, 2.05) is 68.1 Å². The van der Waals surface area contributed by atoms with E-state index in [1.54, 1.807) is 18.6 Å². The molecule has 1 fully saturated rings. The number of anilines is 1. The second-order valence-corrected chi connectivity index (χ2v) is 11.9. The Kier molecular flexibility index (Phi) is 6.85. The molecular formula is C31H34ClN7O2. The van der Waals surface area contributed by atoms with E-state index in [2.05, 4.69) is 26.0 Å². The van der Waals surface area contributed by atoms with E-state index >= 15 is 0 Å². The molecule has 2 amide bonds. The van der Waals surface area contributed by atoms with Gasteiger partial charge in [-0.15, -0.1) is 0 Å². The molecule has 3 aromatic heterocycles. The molecular weight excluding hydrogens is 538 g/mol. The second-order valence-electron chi connectivity index (χ2n) is 11.5. The number of nitrogens with zero attached hydrogens (tertiary/aromatic N) is 5. The number of hydrogen-bond acceptors (Lipinski definition) is 6. The molecule has 6 rings (SSSR count). The summed E-state index contributed by atoms with van der Waals surface area (Å²) in [4.78, 5) is 23.8. The van der Waals surface area contributed by atoms with Crippen molar-refractivity contribution in [2.24, 2.45) is 0 Å². The Balaban J connectivity index is 1.19. The first-order valence-electron chi connectivity index (χ1n) is 13.9. The van der Waals surface area contributed by atoms with Crippen LogP contribution in [0.5, 0.6) is 5.75 Å². The van der Waals surface area contributed by atoms with Crippen molar-refractivity contribution in [3.05, 3.63) is 89.0 Å². The van der Waals surface area contributed by atoms with Gasteiger partial charge in [0.05, 0.1) is 16.3 Å². The minimum Gasteiger partial charge on any atom is -0.482 e. The lowest BCUT2D eigenvalue weighted by Crippen LogP contribution is -2.48. The summed E-state index contributed by atoms with van der Waals surface area (Å²) in [7, 11) is 0. The van der Waals surface area contributed by atoms with Crippen LogP contribution in [0, 0.1) is 0 Å². The van der Waals surface area contributed by atoms with Gasteiger partial charge in [-0.1, -0.05) is 41.9 Å². The van der Waals surface area contributed by atoms with Gasteiger partial charge in [0.1, 0.15) is 6.10 Å². The lowest BCUT2D eigenvalue weighted by Gasteiger charge is -2.31. The van der Waals surface area contributed by atoms with Crippen LogP contribution in [-0.2, 0) is 17.5 Å². The van der Waals surface area contributed by atoms with E-state index in [-0.39, 0.29) is 17.6 Å². The van der Waals surface area contributed by atoms with Gasteiger partial charge in [-0.05, 0) is 62.9 Å². The number of carbonyl (C=O) groups excluding carboxylic acids is 1. The first-order chi connectivity index (χ1) is 19.6. The highest BCUT2D eigenvalue weighted by atomic mass is 35.5. The molecule has 1 aromatic carbocycles. The Morgan fingerprint density at radius 3 is 2.71 bits per heavy atom. The van der Waals surface area contributed by atoms with Gasteiger partial charge in [-0.3, -0.25) is 9.67 Å². The molecule has 0 aliphatic carbocycles. The van der Waals surface area contributed by atoms with Crippen LogP contribution in [-0.4, -0.2) is 43.8 Å². The Morgan fingerprint density at radius 2 is 1.93 bits per heavy atom. The third kappa shape index (κ3) is 5.10. The Morgan fingerprint density at radius 1 is 1.15 bits per heavy atom. The Labute approximate surface area is 244 Å². The smallest absolute Gasteiger partial charge is 0.318 e. The molecule has 0 bridgehead atoms. The second kappa shape index (κ2) is 10.4. The lowest BCUT2D eigenvalue weighted by molar-refractivity contribution is 0.194. The molecule has 2 aliphatic heterocycles. The summed E-state index contributed by atoms with van der Waals surface area (Å²) < 4.78 is 8.27.